The summed E-state index contributed by atoms with van der Waals surface area (Å²) in [5.41, 5.74) is 0. The van der Waals surface area contributed by atoms with Crippen LogP contribution in [-0.2, 0) is 14.3 Å². The zero-order valence-corrected chi connectivity index (χ0v) is 4.76. The lowest BCUT2D eigenvalue weighted by Gasteiger charge is -1.83. The molecule has 0 spiro atoms. The average molecular weight is 129 g/mol. The molecular weight excluding hydrogens is 125 g/mol. The zero-order valence-electron chi connectivity index (χ0n) is 2.79. The normalized spacial score (nSPS) is 11.7. The molecule has 0 heterocycles. The van der Waals surface area contributed by atoms with E-state index in [1.54, 1.807) is 0 Å². The van der Waals surface area contributed by atoms with Crippen molar-refractivity contribution in [3.05, 3.63) is 0 Å². The molecule has 4 nitrogen and oxygen atoms in total. The molecule has 1 unspecified atom stereocenters. The van der Waals surface area contributed by atoms with Crippen LogP contribution in [0.5, 0.6) is 0 Å². The Labute approximate surface area is 38.2 Å². The van der Waals surface area contributed by atoms with Crippen molar-refractivity contribution in [2.45, 2.75) is 0 Å². The van der Waals surface area contributed by atoms with Crippen LogP contribution in [0.15, 0.2) is 0 Å². The van der Waals surface area contributed by atoms with Gasteiger partial charge in [-0.2, -0.15) is 8.42 Å². The van der Waals surface area contributed by atoms with Gasteiger partial charge in [0.05, 0.1) is 0 Å². The lowest BCUT2D eigenvalue weighted by Crippen LogP contribution is -2.09. The summed E-state index contributed by atoms with van der Waals surface area (Å²) in [6, 6.07) is 0. The number of hydrogen-bond donors (Lipinski definition) is 1. The second kappa shape index (κ2) is 1.84. The third kappa shape index (κ3) is 4.30. The van der Waals surface area contributed by atoms with Crippen LogP contribution in [-0.4, -0.2) is 8.42 Å². The fourth-order valence-corrected chi connectivity index (χ4v) is 0. The summed E-state index contributed by atoms with van der Waals surface area (Å²) in [5.74, 6) is 0. The van der Waals surface area contributed by atoms with E-state index in [1.807, 2.05) is 0 Å². The zero-order chi connectivity index (χ0) is 5.21. The first-order valence-electron chi connectivity index (χ1n) is 0.971. The van der Waals surface area contributed by atoms with E-state index in [-0.39, 0.29) is 0 Å². The van der Waals surface area contributed by atoms with Crippen LogP contribution in [0.1, 0.15) is 0 Å². The van der Waals surface area contributed by atoms with Crippen molar-refractivity contribution in [2.24, 2.45) is 5.14 Å². The number of hydrogen-bond acceptors (Lipinski definition) is 3. The topological polar surface area (TPSA) is 69.4 Å². The van der Waals surface area contributed by atoms with E-state index in [4.69, 9.17) is 0 Å². The lowest BCUT2D eigenvalue weighted by atomic mass is 13.9. The molecule has 0 bridgehead atoms. The highest BCUT2D eigenvalue weighted by atomic mass is 32.2. The predicted molar refractivity (Wildman–Crippen MR) is 23.9 cm³/mol. The molecule has 0 saturated heterocycles. The Kier molecular flexibility index (Phi) is 1.93. The van der Waals surface area contributed by atoms with Crippen molar-refractivity contribution in [3.63, 3.8) is 0 Å². The highest BCUT2D eigenvalue weighted by Gasteiger charge is 1.91. The molecule has 38 valence electrons. The maximum absolute atomic E-state index is 9.53. The highest BCUT2D eigenvalue weighted by molar-refractivity contribution is 7.86. The van der Waals surface area contributed by atoms with E-state index in [2.05, 4.69) is 9.11 Å². The third-order valence-corrected chi connectivity index (χ3v) is 1.21. The molecule has 0 aromatic heterocycles. The maximum Gasteiger partial charge on any atom is 0.335 e. The maximum atomic E-state index is 9.53. The Hall–Kier alpha value is 0.300. The van der Waals surface area contributed by atoms with Gasteiger partial charge < -0.3 is 0 Å². The minimum Gasteiger partial charge on any atom is -0.243 e. The molecule has 0 aliphatic heterocycles. The van der Waals surface area contributed by atoms with Crippen LogP contribution in [0.2, 0.25) is 0 Å². The average Bonchev–Trinajstić information content (AvgIpc) is 1.35. The molecular formula is H4NO3PS. The first-order valence-corrected chi connectivity index (χ1v) is 2.91. The van der Waals surface area contributed by atoms with E-state index in [1.165, 1.54) is 9.47 Å². The summed E-state index contributed by atoms with van der Waals surface area (Å²) in [4.78, 5) is 0. The van der Waals surface area contributed by atoms with E-state index in [9.17, 15) is 8.42 Å². The van der Waals surface area contributed by atoms with Crippen molar-refractivity contribution < 1.29 is 12.4 Å². The minimum absolute atomic E-state index is 1.51. The summed E-state index contributed by atoms with van der Waals surface area (Å²) in [6.45, 7) is 0. The quantitative estimate of drug-likeness (QED) is 0.461. The molecule has 2 N–H and O–H groups in total. The van der Waals surface area contributed by atoms with Gasteiger partial charge in [-0.05, 0) is 0 Å². The second-order valence-electron chi connectivity index (χ2n) is 0.589. The lowest BCUT2D eigenvalue weighted by molar-refractivity contribution is 0.519. The summed E-state index contributed by atoms with van der Waals surface area (Å²) in [6.07, 6.45) is 0. The second-order valence-corrected chi connectivity index (χ2v) is 2.34. The van der Waals surface area contributed by atoms with E-state index in [0.29, 0.717) is 0 Å². The molecule has 0 radical (unpaired) electrons. The van der Waals surface area contributed by atoms with Crippen LogP contribution >= 0.6 is 9.47 Å². The van der Waals surface area contributed by atoms with Crippen molar-refractivity contribution in [2.75, 3.05) is 0 Å². The van der Waals surface area contributed by atoms with Gasteiger partial charge in [0, 0.05) is 9.47 Å². The van der Waals surface area contributed by atoms with Crippen LogP contribution < -0.4 is 5.14 Å². The molecule has 1 atom stereocenters. The van der Waals surface area contributed by atoms with Crippen LogP contribution in [0.25, 0.3) is 0 Å². The Balaban J connectivity index is 3.85. The molecule has 0 aliphatic carbocycles. The Morgan fingerprint density at radius 3 is 1.83 bits per heavy atom. The molecule has 0 amide bonds. The Morgan fingerprint density at radius 1 is 1.67 bits per heavy atom. The third-order valence-electron chi connectivity index (χ3n) is 0.134. The van der Waals surface area contributed by atoms with Crippen molar-refractivity contribution in [1.29, 1.82) is 0 Å². The molecule has 0 fully saturated rings. The minimum atomic E-state index is -3.70. The number of rotatable bonds is 1. The van der Waals surface area contributed by atoms with E-state index < -0.39 is 10.3 Å². The molecule has 6 heteroatoms. The standard InChI is InChI=1S/H4NO3PS/c1-6(2,3)4-5/h5H2,(H2,1,2,3). The monoisotopic (exact) mass is 129 g/mol. The van der Waals surface area contributed by atoms with Gasteiger partial charge in [-0.3, -0.25) is 0 Å². The summed E-state index contributed by atoms with van der Waals surface area (Å²) in [7, 11) is -2.19. The smallest absolute Gasteiger partial charge is 0.243 e. The molecule has 6 heavy (non-hydrogen) atoms. The Bertz CT molecular complexity index is 113. The fourth-order valence-electron chi connectivity index (χ4n) is 0. The van der Waals surface area contributed by atoms with Gasteiger partial charge in [0.25, 0.3) is 0 Å². The summed E-state index contributed by atoms with van der Waals surface area (Å²) < 4.78 is 22.7. The van der Waals surface area contributed by atoms with E-state index in [0.717, 1.165) is 0 Å². The van der Waals surface area contributed by atoms with Gasteiger partial charge in [0.2, 0.25) is 0 Å². The van der Waals surface area contributed by atoms with Crippen LogP contribution in [0.4, 0.5) is 0 Å². The molecule has 0 rings (SSSR count). The first kappa shape index (κ1) is 6.30. The summed E-state index contributed by atoms with van der Waals surface area (Å²) >= 11 is 0. The van der Waals surface area contributed by atoms with Gasteiger partial charge >= 0.3 is 10.3 Å². The van der Waals surface area contributed by atoms with Crippen LogP contribution in [0.3, 0.4) is 0 Å². The fraction of sp³-hybridized carbons (Fsp3) is 0. The molecule has 0 saturated carbocycles. The van der Waals surface area contributed by atoms with Gasteiger partial charge in [-0.15, -0.1) is 0 Å². The van der Waals surface area contributed by atoms with Crippen molar-refractivity contribution >= 4 is 19.8 Å². The van der Waals surface area contributed by atoms with Gasteiger partial charge in [0.1, 0.15) is 0 Å². The van der Waals surface area contributed by atoms with Crippen LogP contribution in [0, 0.1) is 0 Å². The van der Waals surface area contributed by atoms with E-state index >= 15 is 0 Å². The van der Waals surface area contributed by atoms with Crippen molar-refractivity contribution in [3.8, 4) is 0 Å². The van der Waals surface area contributed by atoms with Gasteiger partial charge in [-0.1, -0.05) is 0 Å². The number of nitrogens with two attached hydrogens (primary N) is 1. The largest absolute Gasteiger partial charge is 0.335 e. The SMILES string of the molecule is NS(=O)(=O)OP. The first-order chi connectivity index (χ1) is 2.56. The van der Waals surface area contributed by atoms with Gasteiger partial charge in [0.15, 0.2) is 0 Å². The van der Waals surface area contributed by atoms with Gasteiger partial charge in [-0.25, -0.2) is 9.11 Å². The highest BCUT2D eigenvalue weighted by Crippen LogP contribution is 1.87. The summed E-state index contributed by atoms with van der Waals surface area (Å²) in [5, 5.41) is 4.26. The molecule has 0 aromatic rings. The van der Waals surface area contributed by atoms with Crippen molar-refractivity contribution in [1.82, 2.24) is 0 Å². The predicted octanol–water partition coefficient (Wildman–Crippen LogP) is -1.00. The molecule has 0 aliphatic rings. The molecule has 0 aromatic carbocycles. The Morgan fingerprint density at radius 2 is 1.83 bits per heavy atom.